The fourth-order valence-corrected chi connectivity index (χ4v) is 5.80. The third-order valence-electron chi connectivity index (χ3n) is 8.06. The van der Waals surface area contributed by atoms with Crippen molar-refractivity contribution in [3.05, 3.63) is 92.4 Å². The zero-order valence-corrected chi connectivity index (χ0v) is 27.3. The quantitative estimate of drug-likeness (QED) is 0.183. The number of benzene rings is 2. The molecule has 0 aliphatic carbocycles. The fraction of sp³-hybridized carbons (Fsp3) is 0.472. The van der Waals surface area contributed by atoms with E-state index in [1.807, 2.05) is 71.8 Å². The van der Waals surface area contributed by atoms with E-state index >= 15 is 8.78 Å². The van der Waals surface area contributed by atoms with Gasteiger partial charge in [0.25, 0.3) is 5.56 Å². The van der Waals surface area contributed by atoms with Gasteiger partial charge in [0.15, 0.2) is 17.4 Å². The summed E-state index contributed by atoms with van der Waals surface area (Å²) in [6.07, 6.45) is 2.25. The summed E-state index contributed by atoms with van der Waals surface area (Å²) in [4.78, 5) is 42.2. The van der Waals surface area contributed by atoms with Gasteiger partial charge in [0, 0.05) is 31.1 Å². The summed E-state index contributed by atoms with van der Waals surface area (Å²) in [5.41, 5.74) is 4.46. The van der Waals surface area contributed by atoms with E-state index in [2.05, 4.69) is 0 Å². The van der Waals surface area contributed by atoms with Crippen LogP contribution >= 0.6 is 0 Å². The molecule has 2 atom stereocenters. The summed E-state index contributed by atoms with van der Waals surface area (Å²) in [7, 11) is 3.94. The molecule has 0 saturated carbocycles. The second-order valence-electron chi connectivity index (χ2n) is 12.4. The molecule has 6 nitrogen and oxygen atoms in total. The van der Waals surface area contributed by atoms with Crippen LogP contribution < -0.4 is 5.56 Å². The molecule has 1 aromatic heterocycles. The van der Waals surface area contributed by atoms with Gasteiger partial charge in [0.05, 0.1) is 19.1 Å². The van der Waals surface area contributed by atoms with Crippen molar-refractivity contribution < 1.29 is 23.1 Å². The van der Waals surface area contributed by atoms with Gasteiger partial charge in [-0.3, -0.25) is 14.4 Å². The minimum absolute atomic E-state index is 0.0599. The Morgan fingerprint density at radius 1 is 0.977 bits per heavy atom. The van der Waals surface area contributed by atoms with Crippen LogP contribution in [0.15, 0.2) is 47.4 Å². The van der Waals surface area contributed by atoms with Crippen molar-refractivity contribution in [1.29, 1.82) is 0 Å². The summed E-state index contributed by atoms with van der Waals surface area (Å²) in [6.45, 7) is 12.1. The lowest BCUT2D eigenvalue weighted by molar-refractivity contribution is -0.143. The number of carbonyl (C=O) groups excluding carboxylic acids is 2. The molecule has 3 rings (SSSR count). The van der Waals surface area contributed by atoms with Crippen molar-refractivity contribution >= 4 is 11.8 Å². The molecule has 0 fully saturated rings. The first-order valence-electron chi connectivity index (χ1n) is 15.3. The number of carbonyl (C=O) groups is 2. The number of aryl methyl sites for hydroxylation is 3. The van der Waals surface area contributed by atoms with Crippen LogP contribution in [-0.4, -0.2) is 48.5 Å². The zero-order chi connectivity index (χ0) is 32.7. The molecule has 44 heavy (non-hydrogen) atoms. The largest absolute Gasteiger partial charge is 0.466 e. The summed E-state index contributed by atoms with van der Waals surface area (Å²) in [5, 5.41) is 0. The highest BCUT2D eigenvalue weighted by molar-refractivity contribution is 5.84. The maximum absolute atomic E-state index is 15.6. The number of ketones is 1. The monoisotopic (exact) mass is 608 g/mol. The highest BCUT2D eigenvalue weighted by Gasteiger charge is 2.31. The van der Waals surface area contributed by atoms with Crippen LogP contribution in [0.4, 0.5) is 8.78 Å². The number of aromatic nitrogens is 1. The standard InChI is InChI=1S/C36H46F2N2O4/c1-9-44-34(43)20-27(29-17-28(18-30(37)36(29)38)35-23(4)11-10-12-24(35)5)19-32(41)31(15-22(2)3)40-21-26(13-14-39(7)8)25(6)16-33(40)42/h10-12,16-18,21-22,27,31H,9,13-15,19-20H2,1-8H3/t27-,31?/m0/s1. The number of hydrogen-bond donors (Lipinski definition) is 0. The number of pyridine rings is 1. The van der Waals surface area contributed by atoms with Crippen LogP contribution in [0.5, 0.6) is 0 Å². The van der Waals surface area contributed by atoms with E-state index in [1.54, 1.807) is 25.3 Å². The van der Waals surface area contributed by atoms with E-state index in [9.17, 15) is 14.4 Å². The van der Waals surface area contributed by atoms with E-state index < -0.39 is 29.6 Å². The van der Waals surface area contributed by atoms with Gasteiger partial charge in [-0.2, -0.15) is 0 Å². The summed E-state index contributed by atoms with van der Waals surface area (Å²) in [6, 6.07) is 9.09. The molecule has 0 aliphatic rings. The third-order valence-corrected chi connectivity index (χ3v) is 8.06. The Bertz CT molecular complexity index is 1520. The minimum Gasteiger partial charge on any atom is -0.466 e. The predicted molar refractivity (Wildman–Crippen MR) is 171 cm³/mol. The Labute approximate surface area is 260 Å². The first-order chi connectivity index (χ1) is 20.7. The van der Waals surface area contributed by atoms with Crippen molar-refractivity contribution in [1.82, 2.24) is 9.47 Å². The topological polar surface area (TPSA) is 68.6 Å². The van der Waals surface area contributed by atoms with E-state index in [0.29, 0.717) is 18.4 Å². The molecule has 3 aromatic rings. The number of hydrogen-bond acceptors (Lipinski definition) is 5. The lowest BCUT2D eigenvalue weighted by Crippen LogP contribution is -2.32. The second kappa shape index (κ2) is 15.4. The van der Waals surface area contributed by atoms with Gasteiger partial charge >= 0.3 is 5.97 Å². The van der Waals surface area contributed by atoms with Gasteiger partial charge in [0.1, 0.15) is 0 Å². The van der Waals surface area contributed by atoms with Crippen molar-refractivity contribution in [2.45, 2.75) is 79.2 Å². The maximum Gasteiger partial charge on any atom is 0.306 e. The smallest absolute Gasteiger partial charge is 0.306 e. The number of nitrogens with zero attached hydrogens (tertiary/aromatic N) is 2. The SMILES string of the molecule is CCOC(=O)C[C@H](CC(=O)C(CC(C)C)n1cc(CCN(C)C)c(C)cc1=O)c1cc(-c2c(C)cccc2C)cc(F)c1F. The van der Waals surface area contributed by atoms with E-state index in [4.69, 9.17) is 4.74 Å². The van der Waals surface area contributed by atoms with E-state index in [0.717, 1.165) is 40.4 Å². The van der Waals surface area contributed by atoms with Crippen LogP contribution in [0.1, 0.15) is 79.8 Å². The Hall–Kier alpha value is -3.65. The van der Waals surface area contributed by atoms with E-state index in [1.165, 1.54) is 4.57 Å². The Morgan fingerprint density at radius 2 is 1.64 bits per heavy atom. The summed E-state index contributed by atoms with van der Waals surface area (Å²) in [5.74, 6) is -4.02. The Kier molecular flexibility index (Phi) is 12.2. The number of rotatable bonds is 14. The van der Waals surface area contributed by atoms with Gasteiger partial charge in [-0.05, 0) is 112 Å². The van der Waals surface area contributed by atoms with Crippen LogP contribution in [0.2, 0.25) is 0 Å². The molecule has 2 aromatic carbocycles. The van der Waals surface area contributed by atoms with Crippen LogP contribution in [0.25, 0.3) is 11.1 Å². The lowest BCUT2D eigenvalue weighted by atomic mass is 9.84. The van der Waals surface area contributed by atoms with Crippen molar-refractivity contribution in [3.63, 3.8) is 0 Å². The molecule has 1 unspecified atom stereocenters. The molecule has 8 heteroatoms. The van der Waals surface area contributed by atoms with Gasteiger partial charge < -0.3 is 14.2 Å². The van der Waals surface area contributed by atoms with Gasteiger partial charge in [0.2, 0.25) is 0 Å². The molecular formula is C36H46F2N2O4. The molecule has 0 bridgehead atoms. The zero-order valence-electron chi connectivity index (χ0n) is 27.3. The first-order valence-corrected chi connectivity index (χ1v) is 15.3. The third kappa shape index (κ3) is 8.72. The highest BCUT2D eigenvalue weighted by atomic mass is 19.2. The van der Waals surface area contributed by atoms with Crippen molar-refractivity contribution in [2.24, 2.45) is 5.92 Å². The first kappa shape index (κ1) is 34.8. The average Bonchev–Trinajstić information content (AvgIpc) is 2.92. The molecule has 238 valence electrons. The lowest BCUT2D eigenvalue weighted by Gasteiger charge is -2.25. The highest BCUT2D eigenvalue weighted by Crippen LogP contribution is 2.36. The minimum atomic E-state index is -1.10. The molecular weight excluding hydrogens is 562 g/mol. The molecule has 0 saturated heterocycles. The molecule has 0 N–H and O–H groups in total. The Morgan fingerprint density at radius 3 is 2.23 bits per heavy atom. The van der Waals surface area contributed by atoms with Gasteiger partial charge in [-0.25, -0.2) is 8.78 Å². The van der Waals surface area contributed by atoms with Crippen LogP contribution in [-0.2, 0) is 20.7 Å². The number of Topliss-reactive ketones (excluding diaryl/α,β-unsaturated/α-hetero) is 1. The maximum atomic E-state index is 15.6. The second-order valence-corrected chi connectivity index (χ2v) is 12.4. The number of halogens is 2. The normalized spacial score (nSPS) is 12.9. The predicted octanol–water partition coefficient (Wildman–Crippen LogP) is 7.11. The Balaban J connectivity index is 2.12. The number of ether oxygens (including phenoxy) is 1. The van der Waals surface area contributed by atoms with Crippen molar-refractivity contribution in [3.8, 4) is 11.1 Å². The van der Waals surface area contributed by atoms with Crippen LogP contribution in [0.3, 0.4) is 0 Å². The van der Waals surface area contributed by atoms with E-state index in [-0.39, 0.29) is 42.3 Å². The molecule has 0 aliphatic heterocycles. The van der Waals surface area contributed by atoms with Gasteiger partial charge in [-0.15, -0.1) is 0 Å². The van der Waals surface area contributed by atoms with Crippen molar-refractivity contribution in [2.75, 3.05) is 27.2 Å². The number of esters is 1. The summed E-state index contributed by atoms with van der Waals surface area (Å²) < 4.78 is 37.4. The van der Waals surface area contributed by atoms with Crippen LogP contribution in [0, 0.1) is 38.3 Å². The molecule has 0 amide bonds. The number of likely N-dealkylation sites (N-methyl/N-ethyl adjacent to an activating group) is 1. The fourth-order valence-electron chi connectivity index (χ4n) is 5.80. The van der Waals surface area contributed by atoms with Gasteiger partial charge in [-0.1, -0.05) is 32.0 Å². The molecule has 1 heterocycles. The molecule has 0 spiro atoms. The average molecular weight is 609 g/mol. The molecule has 0 radical (unpaired) electrons. The summed E-state index contributed by atoms with van der Waals surface area (Å²) >= 11 is 0.